The Balaban J connectivity index is 2.52. The number of hydrogen-bond acceptors (Lipinski definition) is 4. The molecule has 4 atom stereocenters. The largest absolute Gasteiger partial charge is 0.388 e. The van der Waals surface area contributed by atoms with Gasteiger partial charge in [0.25, 0.3) is 0 Å². The van der Waals surface area contributed by atoms with Crippen LogP contribution in [0.5, 0.6) is 0 Å². The fourth-order valence-electron chi connectivity index (χ4n) is 0.845. The Kier molecular flexibility index (Phi) is 2.25. The molecule has 0 saturated carbocycles. The van der Waals surface area contributed by atoms with Crippen LogP contribution < -0.4 is 0 Å². The van der Waals surface area contributed by atoms with Crippen molar-refractivity contribution in [2.24, 2.45) is 0 Å². The minimum Gasteiger partial charge on any atom is -0.388 e. The van der Waals surface area contributed by atoms with Gasteiger partial charge in [0.05, 0.1) is 6.10 Å². The fraction of sp³-hybridized carbons (Fsp3) is 0.833. The predicted octanol–water partition coefficient (Wildman–Crippen LogP) is -1.35. The molecule has 1 aliphatic heterocycles. The Morgan fingerprint density at radius 3 is 2.30 bits per heavy atom. The number of ether oxygens (including phenoxy) is 1. The summed E-state index contributed by atoms with van der Waals surface area (Å²) in [4.78, 5) is 0. The third kappa shape index (κ3) is 1.29. The molecule has 3 N–H and O–H groups in total. The van der Waals surface area contributed by atoms with Crippen LogP contribution in [0.1, 0.15) is 6.92 Å². The summed E-state index contributed by atoms with van der Waals surface area (Å²) in [6.45, 7) is 2.75. The Hall–Kier alpha value is -0.160. The van der Waals surface area contributed by atoms with Gasteiger partial charge in [0.15, 0.2) is 0 Å². The molecular weight excluding hydrogens is 136 g/mol. The molecule has 4 nitrogen and oxygen atoms in total. The lowest BCUT2D eigenvalue weighted by atomic mass is 10.0. The number of aliphatic hydroxyl groups is 3. The highest BCUT2D eigenvalue weighted by molar-refractivity contribution is 4.89. The summed E-state index contributed by atoms with van der Waals surface area (Å²) in [5.41, 5.74) is 0. The molecule has 1 saturated heterocycles. The number of aliphatic hydroxyl groups excluding tert-OH is 3. The van der Waals surface area contributed by atoms with E-state index in [2.05, 4.69) is 0 Å². The highest BCUT2D eigenvalue weighted by Gasteiger charge is 2.35. The fourth-order valence-corrected chi connectivity index (χ4v) is 0.845. The first-order chi connectivity index (χ1) is 4.63. The maximum absolute atomic E-state index is 9.06. The Bertz CT molecular complexity index is 102. The second-order valence-corrected chi connectivity index (χ2v) is 2.45. The number of rotatable bonds is 0. The summed E-state index contributed by atoms with van der Waals surface area (Å²) in [7, 11) is 0. The van der Waals surface area contributed by atoms with Crippen LogP contribution in [0.3, 0.4) is 0 Å². The van der Waals surface area contributed by atoms with Crippen LogP contribution in [0, 0.1) is 6.61 Å². The number of hydrogen-bond donors (Lipinski definition) is 3. The normalized spacial score (nSPS) is 49.2. The van der Waals surface area contributed by atoms with Gasteiger partial charge in [-0.15, -0.1) is 0 Å². The van der Waals surface area contributed by atoms with Crippen LogP contribution in [0.25, 0.3) is 0 Å². The van der Waals surface area contributed by atoms with Crippen molar-refractivity contribution in [1.82, 2.24) is 0 Å². The molecule has 0 aromatic carbocycles. The second kappa shape index (κ2) is 2.84. The van der Waals surface area contributed by atoms with Gasteiger partial charge in [-0.1, -0.05) is 0 Å². The topological polar surface area (TPSA) is 69.9 Å². The van der Waals surface area contributed by atoms with Gasteiger partial charge < -0.3 is 20.1 Å². The van der Waals surface area contributed by atoms with Gasteiger partial charge in [-0.25, -0.2) is 0 Å². The molecule has 10 heavy (non-hydrogen) atoms. The summed E-state index contributed by atoms with van der Waals surface area (Å²) >= 11 is 0. The average molecular weight is 147 g/mol. The molecule has 4 heteroatoms. The smallest absolute Gasteiger partial charge is 0.115 e. The minimum atomic E-state index is -1.12. The van der Waals surface area contributed by atoms with E-state index in [1.165, 1.54) is 0 Å². The molecule has 1 aliphatic rings. The highest BCUT2D eigenvalue weighted by Crippen LogP contribution is 2.17. The SMILES string of the molecule is C[C@H]1O[CH][C@@H](O)[C@@H](O)[C@@H]1O. The zero-order valence-corrected chi connectivity index (χ0v) is 5.64. The highest BCUT2D eigenvalue weighted by atomic mass is 16.5. The molecule has 59 valence electrons. The second-order valence-electron chi connectivity index (χ2n) is 2.45. The van der Waals surface area contributed by atoms with Crippen LogP contribution in [-0.4, -0.2) is 39.7 Å². The molecule has 1 radical (unpaired) electrons. The zero-order valence-electron chi connectivity index (χ0n) is 5.64. The first-order valence-corrected chi connectivity index (χ1v) is 3.16. The summed E-state index contributed by atoms with van der Waals surface area (Å²) in [5, 5.41) is 26.9. The average Bonchev–Trinajstić information content (AvgIpc) is 1.93. The lowest BCUT2D eigenvalue weighted by molar-refractivity contribution is -0.155. The van der Waals surface area contributed by atoms with E-state index in [0.717, 1.165) is 6.61 Å². The molecule has 0 bridgehead atoms. The van der Waals surface area contributed by atoms with E-state index in [-0.39, 0.29) is 0 Å². The minimum absolute atomic E-state index is 0.446. The lowest BCUT2D eigenvalue weighted by Gasteiger charge is -2.32. The van der Waals surface area contributed by atoms with E-state index in [1.54, 1.807) is 6.92 Å². The maximum Gasteiger partial charge on any atom is 0.115 e. The quantitative estimate of drug-likeness (QED) is 0.396. The standard InChI is InChI=1S/C6H11O4/c1-3-5(8)6(9)4(7)2-10-3/h2-9H,1H3/t3-,4-,5-,6-/m1/s1. The molecule has 0 spiro atoms. The van der Waals surface area contributed by atoms with E-state index in [1.807, 2.05) is 0 Å². The summed E-state index contributed by atoms with van der Waals surface area (Å²) < 4.78 is 4.79. The van der Waals surface area contributed by atoms with Gasteiger partial charge in [-0.05, 0) is 6.92 Å². The zero-order chi connectivity index (χ0) is 7.72. The Morgan fingerprint density at radius 2 is 1.80 bits per heavy atom. The van der Waals surface area contributed by atoms with E-state index < -0.39 is 24.4 Å². The molecule has 0 amide bonds. The molecule has 0 unspecified atom stereocenters. The van der Waals surface area contributed by atoms with Crippen molar-refractivity contribution >= 4 is 0 Å². The monoisotopic (exact) mass is 147 g/mol. The van der Waals surface area contributed by atoms with E-state index in [4.69, 9.17) is 20.1 Å². The molecule has 1 rings (SSSR count). The van der Waals surface area contributed by atoms with Crippen molar-refractivity contribution in [2.45, 2.75) is 31.3 Å². The maximum atomic E-state index is 9.06. The molecule has 1 heterocycles. The van der Waals surface area contributed by atoms with Gasteiger partial charge in [0.2, 0.25) is 0 Å². The van der Waals surface area contributed by atoms with Crippen LogP contribution in [0.2, 0.25) is 0 Å². The summed E-state index contributed by atoms with van der Waals surface area (Å²) in [6.07, 6.45) is -3.65. The predicted molar refractivity (Wildman–Crippen MR) is 32.9 cm³/mol. The van der Waals surface area contributed by atoms with E-state index >= 15 is 0 Å². The van der Waals surface area contributed by atoms with Crippen molar-refractivity contribution in [3.8, 4) is 0 Å². The first-order valence-electron chi connectivity index (χ1n) is 3.16. The van der Waals surface area contributed by atoms with Crippen LogP contribution in [-0.2, 0) is 4.74 Å². The van der Waals surface area contributed by atoms with Crippen LogP contribution in [0.15, 0.2) is 0 Å². The van der Waals surface area contributed by atoms with Crippen LogP contribution in [0.4, 0.5) is 0 Å². The van der Waals surface area contributed by atoms with Crippen molar-refractivity contribution in [3.05, 3.63) is 6.61 Å². The third-order valence-electron chi connectivity index (χ3n) is 1.61. The third-order valence-corrected chi connectivity index (χ3v) is 1.61. The Labute approximate surface area is 59.1 Å². The molecule has 1 fully saturated rings. The van der Waals surface area contributed by atoms with Crippen molar-refractivity contribution in [3.63, 3.8) is 0 Å². The van der Waals surface area contributed by atoms with E-state index in [0.29, 0.717) is 0 Å². The van der Waals surface area contributed by atoms with Gasteiger partial charge in [0.1, 0.15) is 24.9 Å². The van der Waals surface area contributed by atoms with Crippen molar-refractivity contribution in [1.29, 1.82) is 0 Å². The van der Waals surface area contributed by atoms with Gasteiger partial charge in [-0.2, -0.15) is 0 Å². The molecule has 0 aliphatic carbocycles. The summed E-state index contributed by atoms with van der Waals surface area (Å²) in [5.74, 6) is 0. The lowest BCUT2D eigenvalue weighted by Crippen LogP contribution is -2.49. The van der Waals surface area contributed by atoms with E-state index in [9.17, 15) is 0 Å². The van der Waals surface area contributed by atoms with Crippen molar-refractivity contribution in [2.75, 3.05) is 0 Å². The van der Waals surface area contributed by atoms with Gasteiger partial charge in [-0.3, -0.25) is 0 Å². The molecule has 0 aromatic rings. The summed E-state index contributed by atoms with van der Waals surface area (Å²) in [6, 6.07) is 0. The molecular formula is C6H11O4. The first kappa shape index (κ1) is 7.94. The Morgan fingerprint density at radius 1 is 1.20 bits per heavy atom. The van der Waals surface area contributed by atoms with Gasteiger partial charge in [0, 0.05) is 0 Å². The van der Waals surface area contributed by atoms with Crippen LogP contribution >= 0.6 is 0 Å². The van der Waals surface area contributed by atoms with Crippen molar-refractivity contribution < 1.29 is 20.1 Å². The molecule has 0 aromatic heterocycles. The van der Waals surface area contributed by atoms with Gasteiger partial charge >= 0.3 is 0 Å².